The van der Waals surface area contributed by atoms with Gasteiger partial charge in [-0.15, -0.1) is 0 Å². The number of carbonyl (C=O) groups excluding carboxylic acids is 2. The van der Waals surface area contributed by atoms with Crippen molar-refractivity contribution in [2.75, 3.05) is 27.7 Å². The summed E-state index contributed by atoms with van der Waals surface area (Å²) in [6, 6.07) is 7.60. The molecule has 0 unspecified atom stereocenters. The number of nitrogens with zero attached hydrogens (tertiary/aromatic N) is 3. The van der Waals surface area contributed by atoms with E-state index in [1.807, 2.05) is 61.5 Å². The van der Waals surface area contributed by atoms with Gasteiger partial charge >= 0.3 is 0 Å². The van der Waals surface area contributed by atoms with E-state index in [2.05, 4.69) is 27.8 Å². The molecule has 0 atom stereocenters. The Balaban J connectivity index is 2.09. The van der Waals surface area contributed by atoms with Gasteiger partial charge in [-0.25, -0.2) is 0 Å². The molecule has 0 radical (unpaired) electrons. The number of carbonyl (C=O) groups is 2. The number of ether oxygens (including phenoxy) is 1. The van der Waals surface area contributed by atoms with Gasteiger partial charge in [0.1, 0.15) is 11.4 Å². The Morgan fingerprint density at radius 1 is 1.26 bits per heavy atom. The van der Waals surface area contributed by atoms with E-state index in [0.717, 1.165) is 27.9 Å². The highest BCUT2D eigenvalue weighted by Crippen LogP contribution is 2.23. The molecule has 6 nitrogen and oxygen atoms in total. The van der Waals surface area contributed by atoms with E-state index in [0.29, 0.717) is 18.7 Å². The lowest BCUT2D eigenvalue weighted by molar-refractivity contribution is -0.130. The summed E-state index contributed by atoms with van der Waals surface area (Å²) in [5, 5.41) is 0. The number of hydrogen-bond donors (Lipinski definition) is 0. The first kappa shape index (κ1) is 24.3. The van der Waals surface area contributed by atoms with Gasteiger partial charge in [-0.2, -0.15) is 0 Å². The lowest BCUT2D eigenvalue weighted by Gasteiger charge is -2.26. The molecule has 1 heterocycles. The van der Waals surface area contributed by atoms with E-state index in [9.17, 15) is 9.59 Å². The molecule has 31 heavy (non-hydrogen) atoms. The number of rotatable bonds is 8. The molecule has 0 saturated carbocycles. The van der Waals surface area contributed by atoms with E-state index in [1.54, 1.807) is 19.1 Å². The molecule has 0 N–H and O–H groups in total. The molecule has 0 fully saturated rings. The van der Waals surface area contributed by atoms with E-state index in [-0.39, 0.29) is 18.9 Å². The van der Waals surface area contributed by atoms with E-state index in [4.69, 9.17) is 4.74 Å². The number of likely N-dealkylation sites (N-methyl/N-ethyl adjacent to an activating group) is 1. The number of amides is 2. The number of methoxy groups -OCH3 is 1. The first-order valence-corrected chi connectivity index (χ1v) is 10.8. The first-order chi connectivity index (χ1) is 14.9. The van der Waals surface area contributed by atoms with Crippen molar-refractivity contribution < 1.29 is 14.3 Å². The molecule has 2 rings (SSSR count). The molecule has 1 aliphatic heterocycles. The number of halogens is 1. The van der Waals surface area contributed by atoms with E-state index >= 15 is 0 Å². The zero-order chi connectivity index (χ0) is 22.8. The first-order valence-electron chi connectivity index (χ1n) is 9.99. The molecule has 2 amide bonds. The monoisotopic (exact) mass is 485 g/mol. The summed E-state index contributed by atoms with van der Waals surface area (Å²) >= 11 is 3.45. The quantitative estimate of drug-likeness (QED) is 0.414. The van der Waals surface area contributed by atoms with E-state index < -0.39 is 0 Å². The van der Waals surface area contributed by atoms with E-state index in [1.165, 1.54) is 4.90 Å². The largest absolute Gasteiger partial charge is 0.497 e. The highest BCUT2D eigenvalue weighted by molar-refractivity contribution is 9.11. The third-order valence-corrected chi connectivity index (χ3v) is 5.18. The Labute approximate surface area is 193 Å². The van der Waals surface area contributed by atoms with Gasteiger partial charge in [0.2, 0.25) is 12.3 Å². The van der Waals surface area contributed by atoms with Crippen LogP contribution in [0.1, 0.15) is 25.3 Å². The zero-order valence-corrected chi connectivity index (χ0v) is 20.0. The van der Waals surface area contributed by atoms with Crippen LogP contribution in [0.2, 0.25) is 0 Å². The molecule has 7 heteroatoms. The second-order valence-electron chi connectivity index (χ2n) is 6.99. The normalized spacial score (nSPS) is 14.2. The summed E-state index contributed by atoms with van der Waals surface area (Å²) in [4.78, 5) is 29.6. The lowest BCUT2D eigenvalue weighted by Crippen LogP contribution is -2.32. The van der Waals surface area contributed by atoms with Crippen LogP contribution in [0, 0.1) is 11.8 Å². The van der Waals surface area contributed by atoms with Crippen molar-refractivity contribution in [3.05, 3.63) is 64.1 Å². The molecule has 1 aromatic carbocycles. The van der Waals surface area contributed by atoms with Gasteiger partial charge in [0.25, 0.3) is 0 Å². The maximum atomic E-state index is 12.7. The molecule has 1 aliphatic rings. The highest BCUT2D eigenvalue weighted by Gasteiger charge is 2.18. The van der Waals surface area contributed by atoms with Crippen LogP contribution in [-0.2, 0) is 16.1 Å². The maximum absolute atomic E-state index is 12.7. The Morgan fingerprint density at radius 3 is 2.55 bits per heavy atom. The van der Waals surface area contributed by atoms with Gasteiger partial charge in [-0.1, -0.05) is 25.0 Å². The average Bonchev–Trinajstić information content (AvgIpc) is 2.76. The summed E-state index contributed by atoms with van der Waals surface area (Å²) in [5.74, 6) is 6.85. The minimum Gasteiger partial charge on any atom is -0.497 e. The van der Waals surface area contributed by atoms with Gasteiger partial charge in [-0.3, -0.25) is 9.59 Å². The second kappa shape index (κ2) is 12.0. The molecule has 0 bridgehead atoms. The summed E-state index contributed by atoms with van der Waals surface area (Å²) in [5.41, 5.74) is 2.39. The fourth-order valence-corrected chi connectivity index (χ4v) is 3.43. The van der Waals surface area contributed by atoms with Crippen molar-refractivity contribution >= 4 is 28.2 Å². The van der Waals surface area contributed by atoms with Crippen molar-refractivity contribution in [2.24, 2.45) is 0 Å². The molecule has 0 saturated heterocycles. The number of hydrogen-bond acceptors (Lipinski definition) is 4. The molecular weight excluding hydrogens is 458 g/mol. The van der Waals surface area contributed by atoms with Crippen molar-refractivity contribution in [3.8, 4) is 17.6 Å². The van der Waals surface area contributed by atoms with Crippen LogP contribution in [0.5, 0.6) is 5.75 Å². The Hall–Kier alpha value is -2.98. The number of benzene rings is 1. The Kier molecular flexibility index (Phi) is 9.41. The molecule has 1 aromatic rings. The van der Waals surface area contributed by atoms with Crippen molar-refractivity contribution in [1.82, 2.24) is 14.7 Å². The molecular formula is C24H28BrN3O3. The summed E-state index contributed by atoms with van der Waals surface area (Å²) < 4.78 is 6.09. The summed E-state index contributed by atoms with van der Waals surface area (Å²) in [7, 11) is 5.27. The lowest BCUT2D eigenvalue weighted by atomic mass is 10.2. The average molecular weight is 486 g/mol. The van der Waals surface area contributed by atoms with Crippen LogP contribution in [-0.4, -0.2) is 54.8 Å². The standard InChI is InChI=1S/C24H28BrN3O3/c1-5-6-7-23(22-13-10-20(25)17-26(22)2)28(18-29)15-14-24(30)27(3)16-19-8-11-21(31-4)12-9-19/h8-13,17-18H,5,14-16H2,1-4H3/b23-22+. The molecule has 0 aromatic heterocycles. The predicted octanol–water partition coefficient (Wildman–Crippen LogP) is 3.87. The Bertz CT molecular complexity index is 939. The van der Waals surface area contributed by atoms with Gasteiger partial charge in [0.05, 0.1) is 12.8 Å². The Morgan fingerprint density at radius 2 is 1.97 bits per heavy atom. The SMILES string of the molecule is CCC#C/C(=C1/C=CC(Br)=CN1C)N(C=O)CCC(=O)N(C)Cc1ccc(OC)cc1. The van der Waals surface area contributed by atoms with Crippen LogP contribution in [0.25, 0.3) is 0 Å². The summed E-state index contributed by atoms with van der Waals surface area (Å²) in [6.07, 6.45) is 7.30. The summed E-state index contributed by atoms with van der Waals surface area (Å²) in [6.45, 7) is 2.69. The number of allylic oxidation sites excluding steroid dienone is 4. The predicted molar refractivity (Wildman–Crippen MR) is 126 cm³/mol. The maximum Gasteiger partial charge on any atom is 0.224 e. The van der Waals surface area contributed by atoms with Gasteiger partial charge in [0, 0.05) is 50.7 Å². The van der Waals surface area contributed by atoms with Gasteiger partial charge in [0.15, 0.2) is 0 Å². The highest BCUT2D eigenvalue weighted by atomic mass is 79.9. The molecule has 0 aliphatic carbocycles. The van der Waals surface area contributed by atoms with Crippen LogP contribution in [0.3, 0.4) is 0 Å². The third kappa shape index (κ3) is 7.04. The molecule has 164 valence electrons. The zero-order valence-electron chi connectivity index (χ0n) is 18.4. The van der Waals surface area contributed by atoms with Gasteiger partial charge < -0.3 is 19.4 Å². The van der Waals surface area contributed by atoms with Gasteiger partial charge in [-0.05, 0) is 51.7 Å². The minimum atomic E-state index is -0.0503. The van der Waals surface area contributed by atoms with Crippen LogP contribution in [0.15, 0.2) is 58.5 Å². The fraction of sp³-hybridized carbons (Fsp3) is 0.333. The molecule has 0 spiro atoms. The topological polar surface area (TPSA) is 53.1 Å². The van der Waals surface area contributed by atoms with Crippen LogP contribution >= 0.6 is 15.9 Å². The smallest absolute Gasteiger partial charge is 0.224 e. The fourth-order valence-electron chi connectivity index (χ4n) is 2.99. The van der Waals surface area contributed by atoms with Crippen molar-refractivity contribution in [3.63, 3.8) is 0 Å². The van der Waals surface area contributed by atoms with Crippen LogP contribution < -0.4 is 4.74 Å². The third-order valence-electron chi connectivity index (χ3n) is 4.71. The van der Waals surface area contributed by atoms with Crippen molar-refractivity contribution in [2.45, 2.75) is 26.3 Å². The minimum absolute atomic E-state index is 0.0503. The second-order valence-corrected chi connectivity index (χ2v) is 7.91. The van der Waals surface area contributed by atoms with Crippen LogP contribution in [0.4, 0.5) is 0 Å². The van der Waals surface area contributed by atoms with Crippen molar-refractivity contribution in [1.29, 1.82) is 0 Å².